The molecular weight excluding hydrogens is 178 g/mol. The summed E-state index contributed by atoms with van der Waals surface area (Å²) in [4.78, 5) is 2.43. The van der Waals surface area contributed by atoms with Crippen LogP contribution in [0.1, 0.15) is 6.42 Å². The van der Waals surface area contributed by atoms with Gasteiger partial charge in [0.2, 0.25) is 0 Å². The van der Waals surface area contributed by atoms with Gasteiger partial charge in [-0.1, -0.05) is 21.6 Å². The lowest BCUT2D eigenvalue weighted by atomic mass is 10.4. The minimum atomic E-state index is 0.330. The first-order valence-electron chi connectivity index (χ1n) is 4.01. The molecule has 1 saturated heterocycles. The average molecular weight is 193 g/mol. The highest BCUT2D eigenvalue weighted by Gasteiger charge is 2.07. The zero-order chi connectivity index (χ0) is 7.94. The van der Waals surface area contributed by atoms with Crippen molar-refractivity contribution in [3.8, 4) is 0 Å². The second-order valence-electron chi connectivity index (χ2n) is 2.56. The molecule has 1 heterocycles. The van der Waals surface area contributed by atoms with E-state index in [1.165, 1.54) is 24.6 Å². The van der Waals surface area contributed by atoms with Crippen LogP contribution in [0.4, 0.5) is 0 Å². The molecule has 0 aromatic carbocycles. The predicted octanol–water partition coefficient (Wildman–Crippen LogP) is 1.07. The average Bonchev–Trinajstić information content (AvgIpc) is 2.28. The second kappa shape index (κ2) is 6.17. The number of rotatable bonds is 3. The van der Waals surface area contributed by atoms with Crippen molar-refractivity contribution in [1.29, 1.82) is 0 Å². The normalized spacial score (nSPS) is 21.5. The lowest BCUT2D eigenvalue weighted by molar-refractivity contribution is 0.239. The Kier molecular flexibility index (Phi) is 5.45. The molecule has 0 aromatic heterocycles. The predicted molar refractivity (Wildman–Crippen MR) is 53.1 cm³/mol. The summed E-state index contributed by atoms with van der Waals surface area (Å²) in [7, 11) is 3.93. The van der Waals surface area contributed by atoms with Crippen LogP contribution in [0.2, 0.25) is 0 Å². The standard InChI is InChI=1S/C7H15NOS2/c9-5-1-2-8-3-6-10-11-7-4-8/h9H,1-7H2. The maximum absolute atomic E-state index is 8.63. The summed E-state index contributed by atoms with van der Waals surface area (Å²) in [6, 6.07) is 0. The van der Waals surface area contributed by atoms with Crippen LogP contribution >= 0.6 is 21.6 Å². The molecule has 1 aliphatic heterocycles. The van der Waals surface area contributed by atoms with Gasteiger partial charge in [0.05, 0.1) is 0 Å². The van der Waals surface area contributed by atoms with Gasteiger partial charge in [-0.25, -0.2) is 0 Å². The smallest absolute Gasteiger partial charge is 0.0443 e. The molecule has 0 unspecified atom stereocenters. The van der Waals surface area contributed by atoms with Crippen molar-refractivity contribution in [3.05, 3.63) is 0 Å². The summed E-state index contributed by atoms with van der Waals surface area (Å²) >= 11 is 0. The second-order valence-corrected chi connectivity index (χ2v) is 5.26. The lowest BCUT2D eigenvalue weighted by Crippen LogP contribution is -2.28. The van der Waals surface area contributed by atoms with Gasteiger partial charge in [-0.15, -0.1) is 0 Å². The molecule has 1 rings (SSSR count). The molecule has 0 amide bonds. The molecule has 0 radical (unpaired) electrons. The summed E-state index contributed by atoms with van der Waals surface area (Å²) in [5.74, 6) is 2.46. The van der Waals surface area contributed by atoms with Crippen molar-refractivity contribution in [3.63, 3.8) is 0 Å². The Morgan fingerprint density at radius 2 is 1.82 bits per heavy atom. The first-order chi connectivity index (χ1) is 5.43. The van der Waals surface area contributed by atoms with Crippen molar-refractivity contribution in [1.82, 2.24) is 4.90 Å². The Morgan fingerprint density at radius 1 is 1.18 bits per heavy atom. The molecule has 1 aliphatic rings. The van der Waals surface area contributed by atoms with Crippen molar-refractivity contribution in [2.75, 3.05) is 37.7 Å². The van der Waals surface area contributed by atoms with Crippen LogP contribution in [0.25, 0.3) is 0 Å². The number of hydrogen-bond donors (Lipinski definition) is 1. The summed E-state index contributed by atoms with van der Waals surface area (Å²) in [5.41, 5.74) is 0. The fourth-order valence-electron chi connectivity index (χ4n) is 1.08. The molecule has 0 saturated carbocycles. The van der Waals surface area contributed by atoms with Crippen LogP contribution < -0.4 is 0 Å². The quantitative estimate of drug-likeness (QED) is 0.677. The zero-order valence-electron chi connectivity index (χ0n) is 6.66. The minimum absolute atomic E-state index is 0.330. The van der Waals surface area contributed by atoms with Crippen LogP contribution in [0.3, 0.4) is 0 Å². The number of aliphatic hydroxyl groups excluding tert-OH is 1. The van der Waals surface area contributed by atoms with Gasteiger partial charge >= 0.3 is 0 Å². The van der Waals surface area contributed by atoms with E-state index in [2.05, 4.69) is 4.90 Å². The van der Waals surface area contributed by atoms with Gasteiger partial charge in [-0.2, -0.15) is 0 Å². The van der Waals surface area contributed by atoms with Gasteiger partial charge in [0.25, 0.3) is 0 Å². The number of aliphatic hydroxyl groups is 1. The molecule has 0 aromatic rings. The van der Waals surface area contributed by atoms with E-state index in [0.717, 1.165) is 13.0 Å². The van der Waals surface area contributed by atoms with E-state index in [1.807, 2.05) is 21.6 Å². The van der Waals surface area contributed by atoms with E-state index >= 15 is 0 Å². The third-order valence-corrected chi connectivity index (χ3v) is 4.06. The van der Waals surface area contributed by atoms with E-state index in [9.17, 15) is 0 Å². The summed E-state index contributed by atoms with van der Waals surface area (Å²) in [6.45, 7) is 3.78. The van der Waals surface area contributed by atoms with E-state index in [4.69, 9.17) is 5.11 Å². The first kappa shape index (κ1) is 9.71. The van der Waals surface area contributed by atoms with Gasteiger partial charge in [0, 0.05) is 37.7 Å². The molecule has 4 heteroatoms. The molecule has 1 fully saturated rings. The van der Waals surface area contributed by atoms with Gasteiger partial charge in [-0.05, 0) is 6.42 Å². The Hall–Kier alpha value is 0.620. The van der Waals surface area contributed by atoms with Crippen molar-refractivity contribution < 1.29 is 5.11 Å². The Bertz CT molecular complexity index is 94.4. The third-order valence-electron chi connectivity index (χ3n) is 1.70. The fraction of sp³-hybridized carbons (Fsp3) is 1.00. The lowest BCUT2D eigenvalue weighted by Gasteiger charge is -2.17. The highest BCUT2D eigenvalue weighted by molar-refractivity contribution is 8.76. The Morgan fingerprint density at radius 3 is 2.36 bits per heavy atom. The maximum Gasteiger partial charge on any atom is 0.0443 e. The van der Waals surface area contributed by atoms with Crippen LogP contribution in [0.5, 0.6) is 0 Å². The van der Waals surface area contributed by atoms with Crippen LogP contribution in [0.15, 0.2) is 0 Å². The van der Waals surface area contributed by atoms with Crippen LogP contribution in [-0.4, -0.2) is 47.8 Å². The fourth-order valence-corrected chi connectivity index (χ4v) is 3.14. The highest BCUT2D eigenvalue weighted by atomic mass is 33.1. The van der Waals surface area contributed by atoms with Crippen molar-refractivity contribution in [2.45, 2.75) is 6.42 Å². The van der Waals surface area contributed by atoms with Crippen molar-refractivity contribution in [2.24, 2.45) is 0 Å². The minimum Gasteiger partial charge on any atom is -0.396 e. The van der Waals surface area contributed by atoms with Crippen LogP contribution in [0, 0.1) is 0 Å². The topological polar surface area (TPSA) is 23.5 Å². The Labute approximate surface area is 76.1 Å². The summed E-state index contributed by atoms with van der Waals surface area (Å²) in [5, 5.41) is 8.63. The Balaban J connectivity index is 2.09. The molecule has 66 valence electrons. The molecule has 1 N–H and O–H groups in total. The zero-order valence-corrected chi connectivity index (χ0v) is 8.29. The molecule has 0 aliphatic carbocycles. The first-order valence-corrected chi connectivity index (χ1v) is 6.50. The molecular formula is C7H15NOS2. The van der Waals surface area contributed by atoms with Gasteiger partial charge < -0.3 is 10.0 Å². The van der Waals surface area contributed by atoms with E-state index in [0.29, 0.717) is 6.61 Å². The van der Waals surface area contributed by atoms with Crippen molar-refractivity contribution >= 4 is 21.6 Å². The largest absolute Gasteiger partial charge is 0.396 e. The SMILES string of the molecule is OCCCN1CCSSCC1. The van der Waals surface area contributed by atoms with E-state index < -0.39 is 0 Å². The van der Waals surface area contributed by atoms with Gasteiger partial charge in [0.15, 0.2) is 0 Å². The monoisotopic (exact) mass is 193 g/mol. The third kappa shape index (κ3) is 4.25. The van der Waals surface area contributed by atoms with Gasteiger partial charge in [-0.3, -0.25) is 0 Å². The molecule has 2 nitrogen and oxygen atoms in total. The summed E-state index contributed by atoms with van der Waals surface area (Å²) in [6.07, 6.45) is 0.926. The molecule has 0 bridgehead atoms. The van der Waals surface area contributed by atoms with Crippen LogP contribution in [-0.2, 0) is 0 Å². The molecule has 0 atom stereocenters. The summed E-state index contributed by atoms with van der Waals surface area (Å²) < 4.78 is 0. The van der Waals surface area contributed by atoms with E-state index in [-0.39, 0.29) is 0 Å². The number of nitrogens with zero attached hydrogens (tertiary/aromatic N) is 1. The number of hydrogen-bond acceptors (Lipinski definition) is 4. The highest BCUT2D eigenvalue weighted by Crippen LogP contribution is 2.23. The maximum atomic E-state index is 8.63. The van der Waals surface area contributed by atoms with Gasteiger partial charge in [0.1, 0.15) is 0 Å². The molecule has 0 spiro atoms. The molecule has 11 heavy (non-hydrogen) atoms. The van der Waals surface area contributed by atoms with E-state index in [1.54, 1.807) is 0 Å².